The maximum Gasteiger partial charge on any atom is 0.119 e. The van der Waals surface area contributed by atoms with E-state index in [-0.39, 0.29) is 0 Å². The Kier molecular flexibility index (Phi) is 3.60. The highest BCUT2D eigenvalue weighted by Crippen LogP contribution is 2.40. The molecule has 110 valence electrons. The van der Waals surface area contributed by atoms with Gasteiger partial charge in [0.2, 0.25) is 0 Å². The van der Waals surface area contributed by atoms with Gasteiger partial charge in [0.1, 0.15) is 11.5 Å². The third kappa shape index (κ3) is 2.38. The lowest BCUT2D eigenvalue weighted by molar-refractivity contribution is 0.109. The Labute approximate surface area is 125 Å². The van der Waals surface area contributed by atoms with Crippen molar-refractivity contribution in [1.82, 2.24) is 0 Å². The molecule has 0 N–H and O–H groups in total. The average Bonchev–Trinajstić information content (AvgIpc) is 2.66. The zero-order chi connectivity index (χ0) is 15.0. The van der Waals surface area contributed by atoms with Gasteiger partial charge in [-0.2, -0.15) is 0 Å². The third-order valence-electron chi connectivity index (χ3n) is 4.02. The van der Waals surface area contributed by atoms with Gasteiger partial charge in [0.05, 0.1) is 27.4 Å². The summed E-state index contributed by atoms with van der Waals surface area (Å²) in [7, 11) is 3.39. The Hall–Kier alpha value is -2.00. The van der Waals surface area contributed by atoms with Crippen molar-refractivity contribution in [2.24, 2.45) is 0 Å². The van der Waals surface area contributed by atoms with Crippen molar-refractivity contribution in [3.8, 4) is 22.6 Å². The van der Waals surface area contributed by atoms with E-state index < -0.39 is 0 Å². The number of benzene rings is 2. The molecule has 3 heteroatoms. The summed E-state index contributed by atoms with van der Waals surface area (Å²) in [4.78, 5) is 0. The molecule has 2 aromatic rings. The van der Waals surface area contributed by atoms with Crippen molar-refractivity contribution in [2.45, 2.75) is 27.1 Å². The Morgan fingerprint density at radius 3 is 1.57 bits per heavy atom. The van der Waals surface area contributed by atoms with Gasteiger partial charge in [-0.3, -0.25) is 0 Å². The van der Waals surface area contributed by atoms with Gasteiger partial charge in [-0.25, -0.2) is 0 Å². The first-order valence-corrected chi connectivity index (χ1v) is 7.07. The van der Waals surface area contributed by atoms with E-state index in [2.05, 4.69) is 38.1 Å². The van der Waals surface area contributed by atoms with E-state index in [1.54, 1.807) is 14.2 Å². The Bertz CT molecular complexity index is 630. The van der Waals surface area contributed by atoms with E-state index in [1.807, 2.05) is 0 Å². The molecule has 0 spiro atoms. The molecule has 3 nitrogen and oxygen atoms in total. The molecular weight excluding hydrogens is 264 g/mol. The predicted octanol–water partition coefficient (Wildman–Crippen LogP) is 4.02. The van der Waals surface area contributed by atoms with Gasteiger partial charge >= 0.3 is 0 Å². The lowest BCUT2D eigenvalue weighted by Gasteiger charge is -2.17. The predicted molar refractivity (Wildman–Crippen MR) is 82.9 cm³/mol. The van der Waals surface area contributed by atoms with E-state index in [0.717, 1.165) is 11.5 Å². The van der Waals surface area contributed by atoms with Crippen LogP contribution in [0.25, 0.3) is 11.1 Å². The van der Waals surface area contributed by atoms with Crippen molar-refractivity contribution in [3.05, 3.63) is 46.5 Å². The van der Waals surface area contributed by atoms with Crippen LogP contribution in [0.15, 0.2) is 24.3 Å². The molecular formula is C18H20O3. The number of fused-ring (bicyclic) bond motifs is 3. The van der Waals surface area contributed by atoms with E-state index in [9.17, 15) is 0 Å². The highest BCUT2D eigenvalue weighted by atomic mass is 16.5. The lowest BCUT2D eigenvalue weighted by Crippen LogP contribution is -1.97. The molecule has 2 aromatic carbocycles. The van der Waals surface area contributed by atoms with Crippen molar-refractivity contribution in [1.29, 1.82) is 0 Å². The molecule has 0 aliphatic carbocycles. The standard InChI is InChI=1S/C18H20O3/c1-11-5-15(19-3)7-13-9-21-10-14-8-16(20-4)6-12(2)18(14)17(11)13/h5-8H,9-10H2,1-4H3. The molecule has 0 bridgehead atoms. The van der Waals surface area contributed by atoms with Gasteiger partial charge in [0.15, 0.2) is 0 Å². The number of ether oxygens (including phenoxy) is 3. The monoisotopic (exact) mass is 284 g/mol. The third-order valence-corrected chi connectivity index (χ3v) is 4.02. The molecule has 0 radical (unpaired) electrons. The molecule has 0 fully saturated rings. The van der Waals surface area contributed by atoms with E-state index in [4.69, 9.17) is 14.2 Å². The zero-order valence-electron chi connectivity index (χ0n) is 12.9. The van der Waals surface area contributed by atoms with Crippen LogP contribution in [-0.2, 0) is 18.0 Å². The summed E-state index contributed by atoms with van der Waals surface area (Å²) in [5.41, 5.74) is 7.32. The largest absolute Gasteiger partial charge is 0.497 e. The average molecular weight is 284 g/mol. The highest BCUT2D eigenvalue weighted by molar-refractivity contribution is 5.78. The molecule has 1 aliphatic heterocycles. The molecule has 1 aliphatic rings. The van der Waals surface area contributed by atoms with Crippen LogP contribution in [0.1, 0.15) is 22.3 Å². The molecule has 0 saturated carbocycles. The minimum absolute atomic E-state index is 0.601. The van der Waals surface area contributed by atoms with Gasteiger partial charge in [-0.15, -0.1) is 0 Å². The fourth-order valence-electron chi connectivity index (χ4n) is 3.10. The van der Waals surface area contributed by atoms with Crippen LogP contribution in [0.4, 0.5) is 0 Å². The first-order valence-electron chi connectivity index (χ1n) is 7.07. The Morgan fingerprint density at radius 2 is 1.19 bits per heavy atom. The molecule has 0 unspecified atom stereocenters. The van der Waals surface area contributed by atoms with Crippen molar-refractivity contribution in [3.63, 3.8) is 0 Å². The molecule has 3 rings (SSSR count). The maximum atomic E-state index is 5.85. The summed E-state index contributed by atoms with van der Waals surface area (Å²) in [5, 5.41) is 0. The van der Waals surface area contributed by atoms with Crippen molar-refractivity contribution < 1.29 is 14.2 Å². The fraction of sp³-hybridized carbons (Fsp3) is 0.333. The van der Waals surface area contributed by atoms with Gasteiger partial charge in [-0.1, -0.05) is 0 Å². The second kappa shape index (κ2) is 5.41. The Balaban J connectivity index is 2.28. The first kappa shape index (κ1) is 14.0. The zero-order valence-corrected chi connectivity index (χ0v) is 12.9. The van der Waals surface area contributed by atoms with Gasteiger partial charge in [0, 0.05) is 0 Å². The van der Waals surface area contributed by atoms with Crippen LogP contribution < -0.4 is 9.47 Å². The van der Waals surface area contributed by atoms with Gasteiger partial charge in [-0.05, 0) is 71.5 Å². The first-order chi connectivity index (χ1) is 10.1. The topological polar surface area (TPSA) is 27.7 Å². The van der Waals surface area contributed by atoms with Crippen LogP contribution in [0.2, 0.25) is 0 Å². The number of hydrogen-bond donors (Lipinski definition) is 0. The van der Waals surface area contributed by atoms with Crippen LogP contribution in [0.5, 0.6) is 11.5 Å². The SMILES string of the molecule is COc1cc(C)c2c(c1)COCc1cc(OC)cc(C)c1-2. The maximum absolute atomic E-state index is 5.85. The second-order valence-electron chi connectivity index (χ2n) is 5.45. The van der Waals surface area contributed by atoms with Crippen molar-refractivity contribution >= 4 is 0 Å². The molecule has 0 saturated heterocycles. The fourth-order valence-corrected chi connectivity index (χ4v) is 3.10. The van der Waals surface area contributed by atoms with Crippen LogP contribution in [0.3, 0.4) is 0 Å². The minimum Gasteiger partial charge on any atom is -0.497 e. The van der Waals surface area contributed by atoms with E-state index in [0.29, 0.717) is 13.2 Å². The van der Waals surface area contributed by atoms with Gasteiger partial charge in [0.25, 0.3) is 0 Å². The smallest absolute Gasteiger partial charge is 0.119 e. The van der Waals surface area contributed by atoms with Crippen molar-refractivity contribution in [2.75, 3.05) is 14.2 Å². The minimum atomic E-state index is 0.601. The van der Waals surface area contributed by atoms with Gasteiger partial charge < -0.3 is 14.2 Å². The quantitative estimate of drug-likeness (QED) is 0.833. The molecule has 21 heavy (non-hydrogen) atoms. The normalized spacial score (nSPS) is 13.1. The van der Waals surface area contributed by atoms with Crippen LogP contribution in [0, 0.1) is 13.8 Å². The summed E-state index contributed by atoms with van der Waals surface area (Å²) in [6.45, 7) is 5.45. The summed E-state index contributed by atoms with van der Waals surface area (Å²) >= 11 is 0. The van der Waals surface area contributed by atoms with E-state index in [1.165, 1.54) is 33.4 Å². The van der Waals surface area contributed by atoms with Crippen LogP contribution >= 0.6 is 0 Å². The number of hydrogen-bond acceptors (Lipinski definition) is 3. The van der Waals surface area contributed by atoms with Crippen LogP contribution in [-0.4, -0.2) is 14.2 Å². The molecule has 1 heterocycles. The molecule has 0 aromatic heterocycles. The summed E-state index contributed by atoms with van der Waals surface area (Å²) in [6, 6.07) is 8.30. The summed E-state index contributed by atoms with van der Waals surface area (Å²) < 4.78 is 16.6. The molecule has 0 amide bonds. The number of rotatable bonds is 2. The highest BCUT2D eigenvalue weighted by Gasteiger charge is 2.20. The Morgan fingerprint density at radius 1 is 0.762 bits per heavy atom. The summed E-state index contributed by atoms with van der Waals surface area (Å²) in [6.07, 6.45) is 0. The summed E-state index contributed by atoms with van der Waals surface area (Å²) in [5.74, 6) is 1.76. The lowest BCUT2D eigenvalue weighted by atomic mass is 9.89. The second-order valence-corrected chi connectivity index (χ2v) is 5.45. The van der Waals surface area contributed by atoms with E-state index >= 15 is 0 Å². The molecule has 0 atom stereocenters. The number of aryl methyl sites for hydroxylation is 2. The number of methoxy groups -OCH3 is 2.